The van der Waals surface area contributed by atoms with E-state index in [2.05, 4.69) is 29.4 Å². The molecule has 0 aromatic heterocycles. The highest BCUT2D eigenvalue weighted by molar-refractivity contribution is 5.61. The molecular formula is C17H24N2O. The van der Waals surface area contributed by atoms with Crippen LogP contribution in [0.3, 0.4) is 0 Å². The van der Waals surface area contributed by atoms with Crippen molar-refractivity contribution in [2.24, 2.45) is 0 Å². The number of hydrogen-bond donors (Lipinski definition) is 1. The predicted octanol–water partition coefficient (Wildman–Crippen LogP) is 2.79. The maximum atomic E-state index is 6.09. The first-order chi connectivity index (χ1) is 9.77. The Balaban J connectivity index is 1.72. The van der Waals surface area contributed by atoms with E-state index in [4.69, 9.17) is 4.74 Å². The van der Waals surface area contributed by atoms with Crippen molar-refractivity contribution in [2.75, 3.05) is 38.6 Å². The first-order valence-corrected chi connectivity index (χ1v) is 7.99. The molecule has 3 aliphatic rings. The van der Waals surface area contributed by atoms with E-state index >= 15 is 0 Å². The Hall–Kier alpha value is -1.22. The van der Waals surface area contributed by atoms with E-state index in [9.17, 15) is 0 Å². The number of rotatable bonds is 0. The molecule has 0 atom stereocenters. The highest BCUT2D eigenvalue weighted by atomic mass is 16.5. The number of piperidine rings is 1. The van der Waals surface area contributed by atoms with Gasteiger partial charge in [-0.15, -0.1) is 0 Å². The summed E-state index contributed by atoms with van der Waals surface area (Å²) in [6, 6.07) is 4.73. The molecule has 3 heteroatoms. The van der Waals surface area contributed by atoms with Crippen LogP contribution in [0, 0.1) is 0 Å². The summed E-state index contributed by atoms with van der Waals surface area (Å²) in [7, 11) is 2.22. The van der Waals surface area contributed by atoms with Gasteiger partial charge in [-0.25, -0.2) is 0 Å². The van der Waals surface area contributed by atoms with Crippen molar-refractivity contribution in [1.29, 1.82) is 0 Å². The molecule has 0 aliphatic carbocycles. The van der Waals surface area contributed by atoms with Crippen molar-refractivity contribution in [1.82, 2.24) is 4.90 Å². The maximum absolute atomic E-state index is 6.09. The average Bonchev–Trinajstić information content (AvgIpc) is 2.65. The van der Waals surface area contributed by atoms with Crippen LogP contribution in [0.2, 0.25) is 0 Å². The summed E-state index contributed by atoms with van der Waals surface area (Å²) in [5.74, 6) is 1.16. The summed E-state index contributed by atoms with van der Waals surface area (Å²) < 4.78 is 6.09. The van der Waals surface area contributed by atoms with E-state index in [-0.39, 0.29) is 5.41 Å². The molecule has 0 bridgehead atoms. The lowest BCUT2D eigenvalue weighted by Gasteiger charge is -2.37. The third-order valence-electron chi connectivity index (χ3n) is 5.41. The summed E-state index contributed by atoms with van der Waals surface area (Å²) in [6.45, 7) is 4.38. The molecule has 3 nitrogen and oxygen atoms in total. The molecular weight excluding hydrogens is 248 g/mol. The topological polar surface area (TPSA) is 24.5 Å². The van der Waals surface area contributed by atoms with Crippen LogP contribution in [0.15, 0.2) is 12.1 Å². The fourth-order valence-electron chi connectivity index (χ4n) is 3.94. The lowest BCUT2D eigenvalue weighted by molar-refractivity contribution is 0.155. The normalized spacial score (nSPS) is 24.4. The molecule has 4 rings (SSSR count). The molecule has 1 N–H and O–H groups in total. The van der Waals surface area contributed by atoms with Crippen molar-refractivity contribution >= 4 is 5.69 Å². The summed E-state index contributed by atoms with van der Waals surface area (Å²) in [4.78, 5) is 2.44. The van der Waals surface area contributed by atoms with Gasteiger partial charge < -0.3 is 15.0 Å². The second kappa shape index (κ2) is 4.66. The van der Waals surface area contributed by atoms with Gasteiger partial charge in [0.1, 0.15) is 5.75 Å². The van der Waals surface area contributed by atoms with Gasteiger partial charge in [-0.1, -0.05) is 0 Å². The van der Waals surface area contributed by atoms with Crippen LogP contribution in [0.25, 0.3) is 0 Å². The highest BCUT2D eigenvalue weighted by Gasteiger charge is 2.43. The molecule has 0 radical (unpaired) electrons. The molecule has 1 saturated heterocycles. The summed E-state index contributed by atoms with van der Waals surface area (Å²) in [6.07, 6.45) is 6.21. The Morgan fingerprint density at radius 2 is 2.05 bits per heavy atom. The van der Waals surface area contributed by atoms with Gasteiger partial charge in [-0.2, -0.15) is 0 Å². The zero-order valence-corrected chi connectivity index (χ0v) is 12.4. The molecule has 3 aliphatic heterocycles. The molecule has 3 heterocycles. The van der Waals surface area contributed by atoms with E-state index in [1.165, 1.54) is 62.0 Å². The van der Waals surface area contributed by atoms with Gasteiger partial charge >= 0.3 is 0 Å². The molecule has 108 valence electrons. The van der Waals surface area contributed by atoms with Crippen LogP contribution < -0.4 is 10.1 Å². The van der Waals surface area contributed by atoms with Gasteiger partial charge in [-0.05, 0) is 69.9 Å². The zero-order valence-electron chi connectivity index (χ0n) is 12.4. The molecule has 1 aromatic rings. The molecule has 0 saturated carbocycles. The van der Waals surface area contributed by atoms with E-state index in [0.29, 0.717) is 0 Å². The Morgan fingerprint density at radius 1 is 1.20 bits per heavy atom. The standard InChI is InChI=1S/C17H24N2O/c1-19-8-5-17(6-9-19)12-20-16-10-13-4-2-3-7-18-15(13)11-14(16)17/h10-11,18H,2-9,12H2,1H3. The summed E-state index contributed by atoms with van der Waals surface area (Å²) >= 11 is 0. The minimum absolute atomic E-state index is 0.283. The van der Waals surface area contributed by atoms with E-state index < -0.39 is 0 Å². The van der Waals surface area contributed by atoms with E-state index in [1.807, 2.05) is 0 Å². The van der Waals surface area contributed by atoms with Crippen molar-refractivity contribution in [2.45, 2.75) is 37.5 Å². The number of likely N-dealkylation sites (tertiary alicyclic amines) is 1. The first-order valence-electron chi connectivity index (χ1n) is 7.99. The Labute approximate surface area is 121 Å². The van der Waals surface area contributed by atoms with Gasteiger partial charge in [0.15, 0.2) is 0 Å². The third-order valence-corrected chi connectivity index (χ3v) is 5.41. The second-order valence-corrected chi connectivity index (χ2v) is 6.76. The van der Waals surface area contributed by atoms with Crippen molar-refractivity contribution in [3.8, 4) is 5.75 Å². The molecule has 1 fully saturated rings. The SMILES string of the molecule is CN1CCC2(CC1)COc1cc3c(cc12)NCCCC3. The van der Waals surface area contributed by atoms with Crippen molar-refractivity contribution in [3.05, 3.63) is 23.3 Å². The van der Waals surface area contributed by atoms with Crippen LogP contribution in [0.5, 0.6) is 5.75 Å². The Morgan fingerprint density at radius 3 is 2.90 bits per heavy atom. The maximum Gasteiger partial charge on any atom is 0.123 e. The fraction of sp³-hybridized carbons (Fsp3) is 0.647. The number of nitrogens with one attached hydrogen (secondary N) is 1. The number of anilines is 1. The molecule has 1 aromatic carbocycles. The molecule has 20 heavy (non-hydrogen) atoms. The number of benzene rings is 1. The zero-order chi connectivity index (χ0) is 13.6. The molecule has 0 amide bonds. The van der Waals surface area contributed by atoms with Crippen LogP contribution in [0.1, 0.15) is 36.8 Å². The monoisotopic (exact) mass is 272 g/mol. The minimum Gasteiger partial charge on any atom is -0.492 e. The minimum atomic E-state index is 0.283. The quantitative estimate of drug-likeness (QED) is 0.786. The predicted molar refractivity (Wildman–Crippen MR) is 81.8 cm³/mol. The molecule has 0 unspecified atom stereocenters. The largest absolute Gasteiger partial charge is 0.492 e. The first kappa shape index (κ1) is 12.5. The van der Waals surface area contributed by atoms with Gasteiger partial charge in [0, 0.05) is 23.2 Å². The number of ether oxygens (including phenoxy) is 1. The average molecular weight is 272 g/mol. The van der Waals surface area contributed by atoms with Crippen LogP contribution >= 0.6 is 0 Å². The highest BCUT2D eigenvalue weighted by Crippen LogP contribution is 2.47. The Kier molecular flexibility index (Phi) is 2.92. The lowest BCUT2D eigenvalue weighted by atomic mass is 9.74. The van der Waals surface area contributed by atoms with Gasteiger partial charge in [0.05, 0.1) is 6.61 Å². The van der Waals surface area contributed by atoms with Crippen molar-refractivity contribution < 1.29 is 4.74 Å². The van der Waals surface area contributed by atoms with Crippen LogP contribution in [0.4, 0.5) is 5.69 Å². The lowest BCUT2D eigenvalue weighted by Crippen LogP contribution is -2.41. The summed E-state index contributed by atoms with van der Waals surface area (Å²) in [5, 5.41) is 3.62. The van der Waals surface area contributed by atoms with Gasteiger partial charge in [0.25, 0.3) is 0 Å². The van der Waals surface area contributed by atoms with Gasteiger partial charge in [-0.3, -0.25) is 0 Å². The van der Waals surface area contributed by atoms with Gasteiger partial charge in [0.2, 0.25) is 0 Å². The van der Waals surface area contributed by atoms with Crippen LogP contribution in [-0.2, 0) is 11.8 Å². The number of fused-ring (bicyclic) bond motifs is 3. The van der Waals surface area contributed by atoms with Crippen molar-refractivity contribution in [3.63, 3.8) is 0 Å². The number of nitrogens with zero attached hydrogens (tertiary/aromatic N) is 1. The number of aryl methyl sites for hydroxylation is 1. The number of hydrogen-bond acceptors (Lipinski definition) is 3. The van der Waals surface area contributed by atoms with Crippen LogP contribution in [-0.4, -0.2) is 38.2 Å². The second-order valence-electron chi connectivity index (χ2n) is 6.76. The smallest absolute Gasteiger partial charge is 0.123 e. The van der Waals surface area contributed by atoms with E-state index in [1.54, 1.807) is 0 Å². The molecule has 1 spiro atoms. The van der Waals surface area contributed by atoms with E-state index in [0.717, 1.165) is 18.9 Å². The third kappa shape index (κ3) is 1.91. The Bertz CT molecular complexity index is 518. The fourth-order valence-corrected chi connectivity index (χ4v) is 3.94. The summed E-state index contributed by atoms with van der Waals surface area (Å²) in [5.41, 5.74) is 4.57.